The van der Waals surface area contributed by atoms with Crippen molar-refractivity contribution in [3.05, 3.63) is 90.0 Å². The summed E-state index contributed by atoms with van der Waals surface area (Å²) in [6.07, 6.45) is 0. The largest absolute Gasteiger partial charge is 0.489 e. The molecule has 158 valence electrons. The summed E-state index contributed by atoms with van der Waals surface area (Å²) in [7, 11) is 0. The van der Waals surface area contributed by atoms with Gasteiger partial charge in [-0.2, -0.15) is 0 Å². The van der Waals surface area contributed by atoms with E-state index in [-0.39, 0.29) is 11.5 Å². The second-order valence-electron chi connectivity index (χ2n) is 6.68. The van der Waals surface area contributed by atoms with Gasteiger partial charge in [0, 0.05) is 18.3 Å². The minimum atomic E-state index is -0.630. The number of hydrogen-bond acceptors (Lipinski definition) is 5. The maximum Gasteiger partial charge on any atom is 0.338 e. The van der Waals surface area contributed by atoms with Gasteiger partial charge in [0.1, 0.15) is 12.4 Å². The average Bonchev–Trinajstić information content (AvgIpc) is 2.78. The number of rotatable bonds is 8. The molecule has 2 amide bonds. The number of amides is 2. The van der Waals surface area contributed by atoms with Crippen molar-refractivity contribution in [2.24, 2.45) is 0 Å². The van der Waals surface area contributed by atoms with Gasteiger partial charge in [0.05, 0.1) is 5.56 Å². The van der Waals surface area contributed by atoms with Crippen LogP contribution in [0.2, 0.25) is 0 Å². The Bertz CT molecular complexity index is 1030. The second-order valence-corrected chi connectivity index (χ2v) is 6.68. The molecule has 0 aliphatic carbocycles. The first-order valence-electron chi connectivity index (χ1n) is 9.61. The fourth-order valence-corrected chi connectivity index (χ4v) is 2.68. The number of anilines is 2. The number of nitrogens with one attached hydrogen (secondary N) is 2. The van der Waals surface area contributed by atoms with E-state index >= 15 is 0 Å². The Morgan fingerprint density at radius 3 is 2.03 bits per heavy atom. The molecule has 0 radical (unpaired) electrons. The molecule has 0 aliphatic rings. The molecule has 31 heavy (non-hydrogen) atoms. The Morgan fingerprint density at radius 1 is 0.774 bits per heavy atom. The van der Waals surface area contributed by atoms with E-state index in [2.05, 4.69) is 10.6 Å². The molecule has 0 fully saturated rings. The average molecular weight is 418 g/mol. The van der Waals surface area contributed by atoms with Crippen molar-refractivity contribution in [2.45, 2.75) is 13.5 Å². The molecule has 0 saturated heterocycles. The van der Waals surface area contributed by atoms with Gasteiger partial charge in [-0.3, -0.25) is 9.59 Å². The summed E-state index contributed by atoms with van der Waals surface area (Å²) < 4.78 is 10.7. The fourth-order valence-electron chi connectivity index (χ4n) is 2.68. The van der Waals surface area contributed by atoms with E-state index in [1.807, 2.05) is 30.3 Å². The summed E-state index contributed by atoms with van der Waals surface area (Å²) >= 11 is 0. The Balaban J connectivity index is 1.43. The van der Waals surface area contributed by atoms with Gasteiger partial charge in [0.2, 0.25) is 5.91 Å². The summed E-state index contributed by atoms with van der Waals surface area (Å²) in [5.41, 5.74) is 2.47. The molecule has 2 N–H and O–H groups in total. The lowest BCUT2D eigenvalue weighted by Gasteiger charge is -2.09. The summed E-state index contributed by atoms with van der Waals surface area (Å²) in [6, 6.07) is 22.9. The number of carbonyl (C=O) groups excluding carboxylic acids is 3. The minimum Gasteiger partial charge on any atom is -0.489 e. The molecule has 0 atom stereocenters. The maximum absolute atomic E-state index is 12.1. The van der Waals surface area contributed by atoms with Crippen LogP contribution < -0.4 is 15.4 Å². The predicted octanol–water partition coefficient (Wildman–Crippen LogP) is 4.02. The zero-order chi connectivity index (χ0) is 22.1. The molecule has 0 aromatic heterocycles. The second kappa shape index (κ2) is 10.6. The van der Waals surface area contributed by atoms with E-state index in [0.717, 1.165) is 5.56 Å². The standard InChI is InChI=1S/C24H22N2O5/c1-17(27)25-20-9-7-19(8-10-20)24(29)31-16-23(28)26-21-11-13-22(14-12-21)30-15-18-5-3-2-4-6-18/h2-14H,15-16H2,1H3,(H,25,27)(H,26,28). The van der Waals surface area contributed by atoms with Crippen LogP contribution >= 0.6 is 0 Å². The third-order valence-electron chi connectivity index (χ3n) is 4.16. The zero-order valence-electron chi connectivity index (χ0n) is 17.0. The Morgan fingerprint density at radius 2 is 1.39 bits per heavy atom. The number of ether oxygens (including phenoxy) is 2. The van der Waals surface area contributed by atoms with E-state index in [1.165, 1.54) is 19.1 Å². The maximum atomic E-state index is 12.1. The Labute approximate surface area is 180 Å². The predicted molar refractivity (Wildman–Crippen MR) is 117 cm³/mol. The van der Waals surface area contributed by atoms with Crippen molar-refractivity contribution in [3.8, 4) is 5.75 Å². The summed E-state index contributed by atoms with van der Waals surface area (Å²) in [5, 5.41) is 5.27. The molecule has 0 aliphatic heterocycles. The zero-order valence-corrected chi connectivity index (χ0v) is 17.0. The van der Waals surface area contributed by atoms with E-state index in [1.54, 1.807) is 36.4 Å². The van der Waals surface area contributed by atoms with Crippen LogP contribution in [-0.2, 0) is 20.9 Å². The first-order valence-corrected chi connectivity index (χ1v) is 9.61. The van der Waals surface area contributed by atoms with Crippen LogP contribution in [0.5, 0.6) is 5.75 Å². The van der Waals surface area contributed by atoms with E-state index in [0.29, 0.717) is 23.7 Å². The van der Waals surface area contributed by atoms with Crippen molar-refractivity contribution in [3.63, 3.8) is 0 Å². The van der Waals surface area contributed by atoms with E-state index in [4.69, 9.17) is 9.47 Å². The van der Waals surface area contributed by atoms with Crippen LogP contribution in [0.25, 0.3) is 0 Å². The van der Waals surface area contributed by atoms with Gasteiger partial charge >= 0.3 is 5.97 Å². The van der Waals surface area contributed by atoms with Crippen molar-refractivity contribution >= 4 is 29.2 Å². The van der Waals surface area contributed by atoms with Crippen molar-refractivity contribution < 1.29 is 23.9 Å². The molecule has 0 saturated carbocycles. The number of benzene rings is 3. The van der Waals surface area contributed by atoms with Crippen molar-refractivity contribution in [2.75, 3.05) is 17.2 Å². The minimum absolute atomic E-state index is 0.206. The van der Waals surface area contributed by atoms with Crippen molar-refractivity contribution in [1.82, 2.24) is 0 Å². The van der Waals surface area contributed by atoms with Crippen LogP contribution in [0.1, 0.15) is 22.8 Å². The van der Waals surface area contributed by atoms with Crippen LogP contribution in [0.15, 0.2) is 78.9 Å². The van der Waals surface area contributed by atoms with Crippen LogP contribution in [0.4, 0.5) is 11.4 Å². The van der Waals surface area contributed by atoms with Crippen molar-refractivity contribution in [1.29, 1.82) is 0 Å². The highest BCUT2D eigenvalue weighted by molar-refractivity contribution is 5.96. The third kappa shape index (κ3) is 7.01. The summed E-state index contributed by atoms with van der Waals surface area (Å²) in [6.45, 7) is 1.43. The van der Waals surface area contributed by atoms with Crippen LogP contribution in [-0.4, -0.2) is 24.4 Å². The molecule has 0 heterocycles. The fraction of sp³-hybridized carbons (Fsp3) is 0.125. The Hall–Kier alpha value is -4.13. The molecular weight excluding hydrogens is 396 g/mol. The quantitative estimate of drug-likeness (QED) is 0.539. The molecule has 3 aromatic rings. The number of carbonyl (C=O) groups is 3. The molecule has 0 bridgehead atoms. The topological polar surface area (TPSA) is 93.7 Å². The van der Waals surface area contributed by atoms with Crippen LogP contribution in [0.3, 0.4) is 0 Å². The Kier molecular flexibility index (Phi) is 7.37. The summed E-state index contributed by atoms with van der Waals surface area (Å²) in [4.78, 5) is 35.1. The van der Waals surface area contributed by atoms with Gasteiger partial charge in [-0.15, -0.1) is 0 Å². The van der Waals surface area contributed by atoms with Gasteiger partial charge in [-0.25, -0.2) is 4.79 Å². The summed E-state index contributed by atoms with van der Waals surface area (Å²) in [5.74, 6) is -0.617. The lowest BCUT2D eigenvalue weighted by molar-refractivity contribution is -0.119. The first-order chi connectivity index (χ1) is 15.0. The molecule has 0 unspecified atom stereocenters. The molecule has 7 heteroatoms. The lowest BCUT2D eigenvalue weighted by atomic mass is 10.2. The highest BCUT2D eigenvalue weighted by atomic mass is 16.5. The van der Waals surface area contributed by atoms with Gasteiger partial charge in [-0.1, -0.05) is 30.3 Å². The smallest absolute Gasteiger partial charge is 0.338 e. The first kappa shape index (κ1) is 21.6. The molecule has 7 nitrogen and oxygen atoms in total. The van der Waals surface area contributed by atoms with E-state index in [9.17, 15) is 14.4 Å². The third-order valence-corrected chi connectivity index (χ3v) is 4.16. The monoisotopic (exact) mass is 418 g/mol. The lowest BCUT2D eigenvalue weighted by Crippen LogP contribution is -2.20. The van der Waals surface area contributed by atoms with Crippen LogP contribution in [0, 0.1) is 0 Å². The van der Waals surface area contributed by atoms with Gasteiger partial charge in [0.25, 0.3) is 5.91 Å². The van der Waals surface area contributed by atoms with Gasteiger partial charge in [-0.05, 0) is 54.1 Å². The van der Waals surface area contributed by atoms with Gasteiger partial charge < -0.3 is 20.1 Å². The SMILES string of the molecule is CC(=O)Nc1ccc(C(=O)OCC(=O)Nc2ccc(OCc3ccccc3)cc2)cc1. The number of hydrogen-bond donors (Lipinski definition) is 2. The molecular formula is C24H22N2O5. The molecule has 0 spiro atoms. The highest BCUT2D eigenvalue weighted by Gasteiger charge is 2.11. The number of esters is 1. The van der Waals surface area contributed by atoms with E-state index < -0.39 is 18.5 Å². The highest BCUT2D eigenvalue weighted by Crippen LogP contribution is 2.17. The molecule has 3 rings (SSSR count). The normalized spacial score (nSPS) is 10.1. The van der Waals surface area contributed by atoms with Gasteiger partial charge in [0.15, 0.2) is 6.61 Å². The molecule has 3 aromatic carbocycles.